The minimum Gasteiger partial charge on any atom is -0.349 e. The molecule has 2 aromatic heterocycles. The second-order valence-electron chi connectivity index (χ2n) is 7.67. The zero-order valence-corrected chi connectivity index (χ0v) is 18.3. The van der Waals surface area contributed by atoms with Crippen LogP contribution in [0.3, 0.4) is 0 Å². The number of nitrogens with one attached hydrogen (secondary N) is 1. The number of nitrogens with zero attached hydrogens (tertiary/aromatic N) is 3. The van der Waals surface area contributed by atoms with Crippen molar-refractivity contribution in [3.63, 3.8) is 0 Å². The molecule has 4 rings (SSSR count). The van der Waals surface area contributed by atoms with E-state index in [1.165, 1.54) is 32.7 Å². The smallest absolute Gasteiger partial charge is 0.261 e. The number of rotatable bonds is 5. The molecule has 29 heavy (non-hydrogen) atoms. The Morgan fingerprint density at radius 2 is 2.07 bits per heavy atom. The van der Waals surface area contributed by atoms with Crippen LogP contribution < -0.4 is 5.32 Å². The molecule has 1 atom stereocenters. The molecule has 1 amide bonds. The molecular formula is C20H24N4O3S2. The number of hydrogen-bond donors (Lipinski definition) is 1. The Morgan fingerprint density at radius 1 is 1.31 bits per heavy atom. The SMILES string of the molecule is CC(C)NC(=O)c1sc2ccccc2c1C1CCN(S(=O)(=O)c2cnn(C)c2)C1. The van der Waals surface area contributed by atoms with Crippen molar-refractivity contribution >= 4 is 37.4 Å². The predicted octanol–water partition coefficient (Wildman–Crippen LogP) is 2.95. The average molecular weight is 433 g/mol. The van der Waals surface area contributed by atoms with Crippen LogP contribution in [0.4, 0.5) is 0 Å². The van der Waals surface area contributed by atoms with Gasteiger partial charge in [-0.3, -0.25) is 9.48 Å². The zero-order valence-electron chi connectivity index (χ0n) is 16.6. The van der Waals surface area contributed by atoms with E-state index in [2.05, 4.69) is 10.4 Å². The molecule has 3 heterocycles. The van der Waals surface area contributed by atoms with Gasteiger partial charge in [0, 0.05) is 43.0 Å². The lowest BCUT2D eigenvalue weighted by atomic mass is 9.95. The van der Waals surface area contributed by atoms with Crippen molar-refractivity contribution in [3.8, 4) is 0 Å². The summed E-state index contributed by atoms with van der Waals surface area (Å²) in [6, 6.07) is 7.98. The van der Waals surface area contributed by atoms with Gasteiger partial charge in [-0.05, 0) is 37.3 Å². The highest BCUT2D eigenvalue weighted by molar-refractivity contribution is 7.89. The summed E-state index contributed by atoms with van der Waals surface area (Å²) in [5.41, 5.74) is 0.965. The highest BCUT2D eigenvalue weighted by Gasteiger charge is 2.36. The van der Waals surface area contributed by atoms with E-state index in [9.17, 15) is 13.2 Å². The average Bonchev–Trinajstić information content (AvgIpc) is 3.38. The van der Waals surface area contributed by atoms with Crippen molar-refractivity contribution in [2.45, 2.75) is 37.1 Å². The highest BCUT2D eigenvalue weighted by atomic mass is 32.2. The maximum absolute atomic E-state index is 13.0. The number of carbonyl (C=O) groups is 1. The van der Waals surface area contributed by atoms with Crippen molar-refractivity contribution in [2.75, 3.05) is 13.1 Å². The first-order valence-corrected chi connectivity index (χ1v) is 11.8. The van der Waals surface area contributed by atoms with Gasteiger partial charge in [0.2, 0.25) is 10.0 Å². The van der Waals surface area contributed by atoms with Gasteiger partial charge in [0.25, 0.3) is 5.91 Å². The van der Waals surface area contributed by atoms with Gasteiger partial charge in [-0.2, -0.15) is 9.40 Å². The molecule has 154 valence electrons. The number of aryl methyl sites for hydroxylation is 1. The van der Waals surface area contributed by atoms with E-state index in [0.29, 0.717) is 24.4 Å². The van der Waals surface area contributed by atoms with Gasteiger partial charge in [0.15, 0.2) is 0 Å². The Bertz CT molecular complexity index is 1160. The van der Waals surface area contributed by atoms with Crippen LogP contribution in [0, 0.1) is 0 Å². The first-order valence-electron chi connectivity index (χ1n) is 9.58. The fraction of sp³-hybridized carbons (Fsp3) is 0.400. The van der Waals surface area contributed by atoms with Gasteiger partial charge in [-0.25, -0.2) is 8.42 Å². The fourth-order valence-corrected chi connectivity index (χ4v) is 6.51. The molecule has 7 nitrogen and oxygen atoms in total. The summed E-state index contributed by atoms with van der Waals surface area (Å²) in [5, 5.41) is 8.01. The van der Waals surface area contributed by atoms with Crippen LogP contribution in [0.1, 0.15) is 41.4 Å². The number of fused-ring (bicyclic) bond motifs is 1. The quantitative estimate of drug-likeness (QED) is 0.672. The van der Waals surface area contributed by atoms with Crippen molar-refractivity contribution in [1.29, 1.82) is 0 Å². The molecular weight excluding hydrogens is 408 g/mol. The molecule has 1 unspecified atom stereocenters. The van der Waals surface area contributed by atoms with Crippen molar-refractivity contribution < 1.29 is 13.2 Å². The lowest BCUT2D eigenvalue weighted by Crippen LogP contribution is -2.31. The lowest BCUT2D eigenvalue weighted by Gasteiger charge is -2.16. The van der Waals surface area contributed by atoms with E-state index >= 15 is 0 Å². The van der Waals surface area contributed by atoms with E-state index in [-0.39, 0.29) is 22.8 Å². The minimum atomic E-state index is -3.59. The second kappa shape index (κ2) is 7.55. The maximum Gasteiger partial charge on any atom is 0.261 e. The second-order valence-corrected chi connectivity index (χ2v) is 10.7. The monoisotopic (exact) mass is 432 g/mol. The van der Waals surface area contributed by atoms with E-state index < -0.39 is 10.0 Å². The molecule has 1 aliphatic rings. The van der Waals surface area contributed by atoms with Gasteiger partial charge in [0.1, 0.15) is 4.90 Å². The molecule has 9 heteroatoms. The topological polar surface area (TPSA) is 84.3 Å². The van der Waals surface area contributed by atoms with E-state index in [1.807, 2.05) is 38.1 Å². The Labute approximate surface area is 174 Å². The highest BCUT2D eigenvalue weighted by Crippen LogP contribution is 2.41. The summed E-state index contributed by atoms with van der Waals surface area (Å²) in [4.78, 5) is 13.7. The molecule has 1 saturated heterocycles. The summed E-state index contributed by atoms with van der Waals surface area (Å²) in [7, 11) is -1.90. The number of amides is 1. The minimum absolute atomic E-state index is 0.0227. The number of aromatic nitrogens is 2. The Kier molecular flexibility index (Phi) is 5.22. The molecule has 0 radical (unpaired) electrons. The lowest BCUT2D eigenvalue weighted by molar-refractivity contribution is 0.0946. The van der Waals surface area contributed by atoms with Crippen LogP contribution in [-0.4, -0.2) is 47.5 Å². The van der Waals surface area contributed by atoms with Crippen LogP contribution in [0.2, 0.25) is 0 Å². The Balaban J connectivity index is 1.69. The van der Waals surface area contributed by atoms with Crippen LogP contribution in [0.15, 0.2) is 41.6 Å². The standard InChI is InChI=1S/C20H24N4O3S2/c1-13(2)22-20(25)19-18(16-6-4-5-7-17(16)28-19)14-8-9-24(11-14)29(26,27)15-10-21-23(3)12-15/h4-7,10,12-14H,8-9,11H2,1-3H3,(H,22,25). The number of thiophene rings is 1. The third-order valence-corrected chi connectivity index (χ3v) is 8.14. The maximum atomic E-state index is 13.0. The first kappa shape index (κ1) is 20.1. The summed E-state index contributed by atoms with van der Waals surface area (Å²) >= 11 is 1.48. The molecule has 3 aromatic rings. The predicted molar refractivity (Wildman–Crippen MR) is 114 cm³/mol. The molecule has 1 fully saturated rings. The molecule has 0 bridgehead atoms. The zero-order chi connectivity index (χ0) is 20.8. The van der Waals surface area contributed by atoms with Crippen LogP contribution >= 0.6 is 11.3 Å². The Hall–Kier alpha value is -2.23. The van der Waals surface area contributed by atoms with E-state index in [1.54, 1.807) is 7.05 Å². The Morgan fingerprint density at radius 3 is 2.76 bits per heavy atom. The van der Waals surface area contributed by atoms with Gasteiger partial charge in [0.05, 0.1) is 11.1 Å². The largest absolute Gasteiger partial charge is 0.349 e. The van der Waals surface area contributed by atoms with E-state index in [0.717, 1.165) is 15.6 Å². The number of hydrogen-bond acceptors (Lipinski definition) is 5. The summed E-state index contributed by atoms with van der Waals surface area (Å²) in [6.45, 7) is 4.66. The number of carbonyl (C=O) groups excluding carboxylic acids is 1. The van der Waals surface area contributed by atoms with Crippen molar-refractivity contribution in [3.05, 3.63) is 47.1 Å². The van der Waals surface area contributed by atoms with E-state index in [4.69, 9.17) is 0 Å². The molecule has 0 aliphatic carbocycles. The summed E-state index contributed by atoms with van der Waals surface area (Å²) in [5.74, 6) is -0.115. The molecule has 1 aromatic carbocycles. The first-order chi connectivity index (χ1) is 13.8. The summed E-state index contributed by atoms with van der Waals surface area (Å²) < 4.78 is 30.0. The third-order valence-electron chi connectivity index (χ3n) is 5.14. The summed E-state index contributed by atoms with van der Waals surface area (Å²) in [6.07, 6.45) is 3.58. The van der Waals surface area contributed by atoms with Gasteiger partial charge >= 0.3 is 0 Å². The van der Waals surface area contributed by atoms with Crippen LogP contribution in [0.25, 0.3) is 10.1 Å². The molecule has 0 saturated carbocycles. The normalized spacial score (nSPS) is 18.0. The molecule has 1 aliphatic heterocycles. The van der Waals surface area contributed by atoms with Crippen LogP contribution in [-0.2, 0) is 17.1 Å². The van der Waals surface area contributed by atoms with Gasteiger partial charge in [-0.1, -0.05) is 18.2 Å². The van der Waals surface area contributed by atoms with Crippen molar-refractivity contribution in [2.24, 2.45) is 7.05 Å². The van der Waals surface area contributed by atoms with Gasteiger partial charge < -0.3 is 5.32 Å². The number of benzene rings is 1. The fourth-order valence-electron chi connectivity index (χ4n) is 3.83. The molecule has 1 N–H and O–H groups in total. The number of sulfonamides is 1. The molecule has 0 spiro atoms. The third kappa shape index (κ3) is 3.70. The van der Waals surface area contributed by atoms with Crippen molar-refractivity contribution in [1.82, 2.24) is 19.4 Å². The van der Waals surface area contributed by atoms with Crippen LogP contribution in [0.5, 0.6) is 0 Å². The van der Waals surface area contributed by atoms with Gasteiger partial charge in [-0.15, -0.1) is 11.3 Å².